The Morgan fingerprint density at radius 1 is 0.468 bits per heavy atom. The molecule has 7 heteroatoms. The molecule has 0 bridgehead atoms. The summed E-state index contributed by atoms with van der Waals surface area (Å²) < 4.78 is 10.4. The number of hydrogen-bond donors (Lipinski definition) is 3. The molecule has 7 nitrogen and oxygen atoms in total. The van der Waals surface area contributed by atoms with E-state index in [-0.39, 0.29) is 19.3 Å². The second-order valence-corrected chi connectivity index (χ2v) is 12.7. The van der Waals surface area contributed by atoms with Crippen molar-refractivity contribution in [2.45, 2.75) is 193 Å². The third-order valence-electron chi connectivity index (χ3n) is 8.20. The summed E-state index contributed by atoms with van der Waals surface area (Å²) in [6.07, 6.45) is 40.6. The lowest BCUT2D eigenvalue weighted by atomic mass is 10.1. The lowest BCUT2D eigenvalue weighted by Crippen LogP contribution is -2.59. The molecule has 0 saturated carbocycles. The van der Waals surface area contributed by atoms with E-state index in [0.717, 1.165) is 89.9 Å². The normalized spacial score (nSPS) is 12.7. The van der Waals surface area contributed by atoms with Crippen molar-refractivity contribution < 1.29 is 34.4 Å². The lowest BCUT2D eigenvalue weighted by Gasteiger charge is -2.37. The van der Waals surface area contributed by atoms with E-state index in [1.54, 1.807) is 0 Å². The molecule has 0 aliphatic heterocycles. The summed E-state index contributed by atoms with van der Waals surface area (Å²) in [5, 5.41) is 29.9. The molecule has 0 aliphatic rings. The second kappa shape index (κ2) is 31.1. The highest BCUT2D eigenvalue weighted by molar-refractivity contribution is 5.72. The molecule has 0 fully saturated rings. The van der Waals surface area contributed by atoms with E-state index in [4.69, 9.17) is 9.47 Å². The van der Waals surface area contributed by atoms with E-state index < -0.39 is 23.7 Å². The molecule has 0 spiro atoms. The van der Waals surface area contributed by atoms with Crippen LogP contribution >= 0.6 is 0 Å². The first-order chi connectivity index (χ1) is 22.7. The van der Waals surface area contributed by atoms with E-state index in [0.29, 0.717) is 12.8 Å². The van der Waals surface area contributed by atoms with Crippen molar-refractivity contribution in [2.24, 2.45) is 0 Å². The Balaban J connectivity index is 4.17. The van der Waals surface area contributed by atoms with Gasteiger partial charge in [-0.15, -0.1) is 0 Å². The molecule has 0 aromatic carbocycles. The molecule has 0 radical (unpaired) electrons. The van der Waals surface area contributed by atoms with Gasteiger partial charge in [-0.1, -0.05) is 134 Å². The first-order valence-corrected chi connectivity index (χ1v) is 18.9. The number of ether oxygens (including phenoxy) is 2. The predicted molar refractivity (Wildman–Crippen MR) is 193 cm³/mol. The molecule has 0 saturated heterocycles. The minimum absolute atomic E-state index is 0.0325. The average molecular weight is 663 g/mol. The fraction of sp³-hybridized carbons (Fsp3) is 0.750. The summed E-state index contributed by atoms with van der Waals surface area (Å²) in [6.45, 7) is 5.89. The monoisotopic (exact) mass is 663 g/mol. The highest BCUT2D eigenvalue weighted by Crippen LogP contribution is 2.30. The highest BCUT2D eigenvalue weighted by atomic mass is 16.8. The van der Waals surface area contributed by atoms with Crippen LogP contribution in [0.3, 0.4) is 0 Å². The quantitative estimate of drug-likeness (QED) is 0.0284. The van der Waals surface area contributed by atoms with Crippen LogP contribution in [0.2, 0.25) is 0 Å². The van der Waals surface area contributed by atoms with E-state index >= 15 is 0 Å². The van der Waals surface area contributed by atoms with E-state index in [9.17, 15) is 24.9 Å². The van der Waals surface area contributed by atoms with Crippen LogP contribution in [-0.2, 0) is 19.1 Å². The topological polar surface area (TPSA) is 113 Å². The molecule has 0 amide bonds. The van der Waals surface area contributed by atoms with Crippen molar-refractivity contribution in [1.29, 1.82) is 0 Å². The standard InChI is InChI=1S/C40H70O7/c1-4-7-9-11-13-15-17-19-21-23-25-27-29-31-33-35-37(41)46-39(6-3,40(43,44)45)47-38(42)36-34-32-30-28-26-24-22-20-18-16-14-12-10-8-5-2/h13-16,19-22,43-45H,4-12,17-18,23-36H2,1-3H3/b15-13-,16-14-,21-19-,22-20-. The molecule has 0 unspecified atom stereocenters. The Hall–Kier alpha value is -2.22. The summed E-state index contributed by atoms with van der Waals surface area (Å²) in [7, 11) is 0. The lowest BCUT2D eigenvalue weighted by molar-refractivity contribution is -0.445. The zero-order valence-electron chi connectivity index (χ0n) is 30.3. The average Bonchev–Trinajstić information content (AvgIpc) is 3.03. The largest absolute Gasteiger partial charge is 0.414 e. The maximum absolute atomic E-state index is 12.5. The van der Waals surface area contributed by atoms with Crippen molar-refractivity contribution in [1.82, 2.24) is 0 Å². The van der Waals surface area contributed by atoms with Gasteiger partial charge in [0.15, 0.2) is 0 Å². The van der Waals surface area contributed by atoms with Crippen LogP contribution in [0, 0.1) is 0 Å². The summed E-state index contributed by atoms with van der Waals surface area (Å²) >= 11 is 0. The molecule has 47 heavy (non-hydrogen) atoms. The van der Waals surface area contributed by atoms with Crippen molar-refractivity contribution in [3.8, 4) is 0 Å². The molecule has 0 atom stereocenters. The Bertz CT molecular complexity index is 806. The van der Waals surface area contributed by atoms with Gasteiger partial charge in [-0.05, 0) is 77.0 Å². The molecular formula is C40H70O7. The second-order valence-electron chi connectivity index (χ2n) is 12.7. The van der Waals surface area contributed by atoms with Gasteiger partial charge in [0, 0.05) is 19.3 Å². The number of carbonyl (C=O) groups excluding carboxylic acids is 2. The SMILES string of the molecule is CCCCC/C=C\C/C=C\CCCCCCCC(=O)OC(CC)(OC(=O)CCCCCCC/C=C\C/C=C\CCCCC)C(O)(O)O. The molecule has 0 rings (SSSR count). The zero-order valence-corrected chi connectivity index (χ0v) is 30.3. The number of hydrogen-bond acceptors (Lipinski definition) is 7. The summed E-state index contributed by atoms with van der Waals surface area (Å²) in [4.78, 5) is 25.0. The smallest absolute Gasteiger partial charge is 0.357 e. The van der Waals surface area contributed by atoms with Gasteiger partial charge in [0.25, 0.3) is 0 Å². The van der Waals surface area contributed by atoms with Gasteiger partial charge in [0.2, 0.25) is 0 Å². The number of rotatable bonds is 32. The third-order valence-corrected chi connectivity index (χ3v) is 8.20. The van der Waals surface area contributed by atoms with Gasteiger partial charge in [0.05, 0.1) is 0 Å². The number of esters is 2. The van der Waals surface area contributed by atoms with Gasteiger partial charge in [-0.3, -0.25) is 9.59 Å². The first-order valence-electron chi connectivity index (χ1n) is 18.9. The van der Waals surface area contributed by atoms with Crippen molar-refractivity contribution in [2.75, 3.05) is 0 Å². The number of carbonyl (C=O) groups is 2. The van der Waals surface area contributed by atoms with Crippen LogP contribution in [0.5, 0.6) is 0 Å². The minimum atomic E-state index is -3.51. The van der Waals surface area contributed by atoms with E-state index in [2.05, 4.69) is 62.5 Å². The fourth-order valence-corrected chi connectivity index (χ4v) is 5.17. The summed E-state index contributed by atoms with van der Waals surface area (Å²) in [5.74, 6) is -7.56. The van der Waals surface area contributed by atoms with Gasteiger partial charge in [-0.25, -0.2) is 0 Å². The summed E-state index contributed by atoms with van der Waals surface area (Å²) in [5.41, 5.74) is 0. The van der Waals surface area contributed by atoms with Gasteiger partial charge < -0.3 is 24.8 Å². The first kappa shape index (κ1) is 44.8. The maximum Gasteiger partial charge on any atom is 0.357 e. The molecule has 0 aromatic rings. The zero-order chi connectivity index (χ0) is 34.9. The molecule has 3 N–H and O–H groups in total. The number of allylic oxidation sites excluding steroid dienone is 8. The molecule has 272 valence electrons. The predicted octanol–water partition coefficient (Wildman–Crippen LogP) is 10.4. The van der Waals surface area contributed by atoms with E-state index in [1.165, 1.54) is 45.4 Å². The molecule has 0 aliphatic carbocycles. The number of unbranched alkanes of at least 4 members (excludes halogenated alkanes) is 16. The fourth-order valence-electron chi connectivity index (χ4n) is 5.17. The van der Waals surface area contributed by atoms with Crippen molar-refractivity contribution >= 4 is 11.9 Å². The Kier molecular flexibility index (Phi) is 29.6. The van der Waals surface area contributed by atoms with Crippen LogP contribution in [0.25, 0.3) is 0 Å². The maximum atomic E-state index is 12.5. The van der Waals surface area contributed by atoms with Gasteiger partial charge >= 0.3 is 23.7 Å². The molecular weight excluding hydrogens is 592 g/mol. The van der Waals surface area contributed by atoms with E-state index in [1.807, 2.05) is 0 Å². The highest BCUT2D eigenvalue weighted by Gasteiger charge is 2.55. The van der Waals surface area contributed by atoms with Crippen LogP contribution < -0.4 is 0 Å². The van der Waals surface area contributed by atoms with Crippen LogP contribution in [0.1, 0.15) is 181 Å². The van der Waals surface area contributed by atoms with Crippen LogP contribution in [0.15, 0.2) is 48.6 Å². The van der Waals surface area contributed by atoms with Gasteiger partial charge in [0.1, 0.15) is 0 Å². The minimum Gasteiger partial charge on any atom is -0.414 e. The Morgan fingerprint density at radius 2 is 0.787 bits per heavy atom. The third kappa shape index (κ3) is 26.4. The van der Waals surface area contributed by atoms with Crippen LogP contribution in [-0.4, -0.2) is 39.0 Å². The van der Waals surface area contributed by atoms with Crippen LogP contribution in [0.4, 0.5) is 0 Å². The molecule has 0 aromatic heterocycles. The number of aliphatic hydroxyl groups is 3. The Morgan fingerprint density at radius 3 is 1.11 bits per heavy atom. The Labute approximate surface area is 287 Å². The van der Waals surface area contributed by atoms with Crippen molar-refractivity contribution in [3.05, 3.63) is 48.6 Å². The summed E-state index contributed by atoms with van der Waals surface area (Å²) in [6, 6.07) is 0. The van der Waals surface area contributed by atoms with Gasteiger partial charge in [-0.2, -0.15) is 0 Å². The molecule has 0 heterocycles. The van der Waals surface area contributed by atoms with Crippen molar-refractivity contribution in [3.63, 3.8) is 0 Å².